The Morgan fingerprint density at radius 3 is 2.53 bits per heavy atom. The van der Waals surface area contributed by atoms with Crippen LogP contribution in [0.2, 0.25) is 5.02 Å². The maximum atomic E-state index is 12.5. The highest BCUT2D eigenvalue weighted by Gasteiger charge is 2.33. The second kappa shape index (κ2) is 4.93. The van der Waals surface area contributed by atoms with Crippen molar-refractivity contribution in [1.29, 1.82) is 0 Å². The highest BCUT2D eigenvalue weighted by atomic mass is 35.5. The second-order valence-electron chi connectivity index (χ2n) is 3.46. The first-order chi connectivity index (χ1) is 7.71. The van der Waals surface area contributed by atoms with Gasteiger partial charge in [-0.3, -0.25) is 4.79 Å². The highest BCUT2D eigenvalue weighted by Crippen LogP contribution is 2.35. The van der Waals surface area contributed by atoms with Gasteiger partial charge in [0.2, 0.25) is 0 Å². The van der Waals surface area contributed by atoms with Gasteiger partial charge < -0.3 is 10.8 Å². The predicted molar refractivity (Wildman–Crippen MR) is 55.8 cm³/mol. The van der Waals surface area contributed by atoms with Gasteiger partial charge in [0.1, 0.15) is 6.04 Å². The molecule has 3 nitrogen and oxygen atoms in total. The van der Waals surface area contributed by atoms with E-state index in [1.165, 1.54) is 6.07 Å². The largest absolute Gasteiger partial charge is 0.480 e. The van der Waals surface area contributed by atoms with Crippen LogP contribution in [0.4, 0.5) is 13.2 Å². The number of halogens is 4. The van der Waals surface area contributed by atoms with E-state index >= 15 is 0 Å². The maximum Gasteiger partial charge on any atom is 0.417 e. The number of nitrogens with two attached hydrogens (primary N) is 1. The van der Waals surface area contributed by atoms with Crippen LogP contribution in [0.1, 0.15) is 11.1 Å². The van der Waals surface area contributed by atoms with Crippen molar-refractivity contribution in [1.82, 2.24) is 0 Å². The van der Waals surface area contributed by atoms with Gasteiger partial charge in [0, 0.05) is 0 Å². The molecule has 0 heterocycles. The van der Waals surface area contributed by atoms with Crippen LogP contribution in [0, 0.1) is 0 Å². The van der Waals surface area contributed by atoms with E-state index in [1.54, 1.807) is 0 Å². The number of carbonyl (C=O) groups is 1. The number of alkyl halides is 3. The summed E-state index contributed by atoms with van der Waals surface area (Å²) in [6.07, 6.45) is -4.75. The second-order valence-corrected chi connectivity index (χ2v) is 3.87. The van der Waals surface area contributed by atoms with Crippen molar-refractivity contribution >= 4 is 17.6 Å². The first-order valence-corrected chi connectivity index (χ1v) is 4.93. The fraction of sp³-hybridized carbons (Fsp3) is 0.300. The van der Waals surface area contributed by atoms with Crippen LogP contribution >= 0.6 is 11.6 Å². The minimum Gasteiger partial charge on any atom is -0.480 e. The number of hydrogen-bond acceptors (Lipinski definition) is 2. The predicted octanol–water partition coefficient (Wildman–Crippen LogP) is 2.31. The van der Waals surface area contributed by atoms with Crippen LogP contribution in [0.5, 0.6) is 0 Å². The molecule has 0 unspecified atom stereocenters. The van der Waals surface area contributed by atoms with Crippen LogP contribution in [-0.4, -0.2) is 17.1 Å². The third-order valence-corrected chi connectivity index (χ3v) is 2.44. The molecular weight excluding hydrogens is 259 g/mol. The first-order valence-electron chi connectivity index (χ1n) is 4.56. The summed E-state index contributed by atoms with van der Waals surface area (Å²) in [5.74, 6) is -1.27. The molecule has 0 amide bonds. The Morgan fingerprint density at radius 1 is 1.47 bits per heavy atom. The molecule has 0 aromatic heterocycles. The lowest BCUT2D eigenvalue weighted by molar-refractivity contribution is -0.138. The number of hydrogen-bond donors (Lipinski definition) is 2. The van der Waals surface area contributed by atoms with Gasteiger partial charge in [0.25, 0.3) is 0 Å². The van der Waals surface area contributed by atoms with E-state index in [0.29, 0.717) is 0 Å². The molecule has 0 aliphatic heterocycles. The average molecular weight is 268 g/mol. The quantitative estimate of drug-likeness (QED) is 0.883. The summed E-state index contributed by atoms with van der Waals surface area (Å²) >= 11 is 5.41. The van der Waals surface area contributed by atoms with Gasteiger partial charge in [-0.05, 0) is 24.1 Å². The van der Waals surface area contributed by atoms with E-state index in [4.69, 9.17) is 22.4 Å². The van der Waals surface area contributed by atoms with Crippen molar-refractivity contribution in [2.45, 2.75) is 18.6 Å². The van der Waals surface area contributed by atoms with Crippen molar-refractivity contribution in [2.24, 2.45) is 5.73 Å². The van der Waals surface area contributed by atoms with Gasteiger partial charge in [-0.2, -0.15) is 13.2 Å². The van der Waals surface area contributed by atoms with Crippen LogP contribution in [0.15, 0.2) is 18.2 Å². The molecule has 3 N–H and O–H groups in total. The number of carboxylic acid groups (broad SMARTS) is 1. The third-order valence-electron chi connectivity index (χ3n) is 2.11. The Kier molecular flexibility index (Phi) is 4.00. The molecule has 1 rings (SSSR count). The number of aliphatic carboxylic acids is 1. The maximum absolute atomic E-state index is 12.5. The Bertz CT molecular complexity index is 434. The minimum absolute atomic E-state index is 0.177. The Hall–Kier alpha value is -1.27. The van der Waals surface area contributed by atoms with Crippen molar-refractivity contribution in [3.63, 3.8) is 0 Å². The van der Waals surface area contributed by atoms with E-state index in [9.17, 15) is 18.0 Å². The molecule has 0 fully saturated rings. The zero-order valence-electron chi connectivity index (χ0n) is 8.46. The number of benzene rings is 1. The summed E-state index contributed by atoms with van der Waals surface area (Å²) in [5, 5.41) is 8.13. The zero-order chi connectivity index (χ0) is 13.2. The van der Waals surface area contributed by atoms with Crippen molar-refractivity contribution in [3.8, 4) is 0 Å². The summed E-state index contributed by atoms with van der Waals surface area (Å²) in [6.45, 7) is 0. The Labute approximate surface area is 100.0 Å². The Morgan fingerprint density at radius 2 is 2.06 bits per heavy atom. The van der Waals surface area contributed by atoms with Gasteiger partial charge >= 0.3 is 12.1 Å². The van der Waals surface area contributed by atoms with Gasteiger partial charge in [-0.15, -0.1) is 0 Å². The molecule has 0 saturated carbocycles. The van der Waals surface area contributed by atoms with Gasteiger partial charge in [0.05, 0.1) is 10.6 Å². The number of rotatable bonds is 3. The highest BCUT2D eigenvalue weighted by molar-refractivity contribution is 6.31. The lowest BCUT2D eigenvalue weighted by Gasteiger charge is -2.12. The molecule has 7 heteroatoms. The van der Waals surface area contributed by atoms with E-state index in [1.807, 2.05) is 0 Å². The Balaban J connectivity index is 3.01. The lowest BCUT2D eigenvalue weighted by Crippen LogP contribution is -2.32. The fourth-order valence-electron chi connectivity index (χ4n) is 1.26. The SMILES string of the molecule is N[C@H](Cc1ccc(Cl)c(C(F)(F)F)c1)C(=O)O. The standard InChI is InChI=1S/C10H9ClF3NO2/c11-7-2-1-5(4-8(15)9(16)17)3-6(7)10(12,13)14/h1-3,8H,4,15H2,(H,16,17)/t8-/m1/s1. The molecule has 1 aromatic carbocycles. The molecule has 0 saturated heterocycles. The van der Waals surface area contributed by atoms with E-state index in [2.05, 4.69) is 0 Å². The van der Waals surface area contributed by atoms with Crippen molar-refractivity contribution in [2.75, 3.05) is 0 Å². The average Bonchev–Trinajstić information content (AvgIpc) is 2.19. The molecule has 1 atom stereocenters. The van der Waals surface area contributed by atoms with E-state index < -0.39 is 28.8 Å². The molecular formula is C10H9ClF3NO2. The van der Waals surface area contributed by atoms with Crippen LogP contribution < -0.4 is 5.73 Å². The molecule has 0 bridgehead atoms. The van der Waals surface area contributed by atoms with Crippen LogP contribution in [-0.2, 0) is 17.4 Å². The summed E-state index contributed by atoms with van der Waals surface area (Å²) in [7, 11) is 0. The van der Waals surface area contributed by atoms with E-state index in [0.717, 1.165) is 12.1 Å². The fourth-order valence-corrected chi connectivity index (χ4v) is 1.48. The molecule has 0 aliphatic carbocycles. The zero-order valence-corrected chi connectivity index (χ0v) is 9.22. The summed E-state index contributed by atoms with van der Waals surface area (Å²) in [5.41, 5.74) is 4.42. The summed E-state index contributed by atoms with van der Waals surface area (Å²) in [6, 6.07) is 1.97. The van der Waals surface area contributed by atoms with Crippen LogP contribution in [0.3, 0.4) is 0 Å². The normalized spacial score (nSPS) is 13.5. The third kappa shape index (κ3) is 3.61. The minimum atomic E-state index is -4.57. The van der Waals surface area contributed by atoms with Gasteiger partial charge in [0.15, 0.2) is 0 Å². The smallest absolute Gasteiger partial charge is 0.417 e. The van der Waals surface area contributed by atoms with Crippen molar-refractivity contribution in [3.05, 3.63) is 34.3 Å². The molecule has 94 valence electrons. The molecule has 0 aliphatic rings. The summed E-state index contributed by atoms with van der Waals surface area (Å²) in [4.78, 5) is 10.5. The van der Waals surface area contributed by atoms with Gasteiger partial charge in [-0.25, -0.2) is 0 Å². The van der Waals surface area contributed by atoms with E-state index in [-0.39, 0.29) is 12.0 Å². The monoisotopic (exact) mass is 267 g/mol. The number of carboxylic acids is 1. The molecule has 17 heavy (non-hydrogen) atoms. The molecule has 0 spiro atoms. The molecule has 1 aromatic rings. The lowest BCUT2D eigenvalue weighted by atomic mass is 10.0. The molecule has 0 radical (unpaired) electrons. The van der Waals surface area contributed by atoms with Crippen LogP contribution in [0.25, 0.3) is 0 Å². The first kappa shape index (κ1) is 13.8. The van der Waals surface area contributed by atoms with Gasteiger partial charge in [-0.1, -0.05) is 17.7 Å². The van der Waals surface area contributed by atoms with Crippen molar-refractivity contribution < 1.29 is 23.1 Å². The summed E-state index contributed by atoms with van der Waals surface area (Å²) < 4.78 is 37.5. The topological polar surface area (TPSA) is 63.3 Å².